The topological polar surface area (TPSA) is 46.5 Å². The molecule has 1 aliphatic heterocycles. The third-order valence-electron chi connectivity index (χ3n) is 1.84. The van der Waals surface area contributed by atoms with Gasteiger partial charge in [-0.1, -0.05) is 0 Å². The Balaban J connectivity index is 2.57. The van der Waals surface area contributed by atoms with E-state index in [1.54, 1.807) is 13.8 Å². The lowest BCUT2D eigenvalue weighted by Gasteiger charge is -2.27. The van der Waals surface area contributed by atoms with Crippen LogP contribution in [0.25, 0.3) is 0 Å². The summed E-state index contributed by atoms with van der Waals surface area (Å²) in [5.74, 6) is -0.637. The van der Waals surface area contributed by atoms with Gasteiger partial charge in [0.1, 0.15) is 6.10 Å². The summed E-state index contributed by atoms with van der Waals surface area (Å²) >= 11 is 0. The first-order chi connectivity index (χ1) is 4.61. The van der Waals surface area contributed by atoms with Gasteiger partial charge in [0.25, 0.3) is 0 Å². The van der Waals surface area contributed by atoms with Crippen molar-refractivity contribution in [3.05, 3.63) is 0 Å². The highest BCUT2D eigenvalue weighted by Gasteiger charge is 2.31. The fourth-order valence-electron chi connectivity index (χ4n) is 1.06. The Kier molecular flexibility index (Phi) is 1.94. The smallest absolute Gasteiger partial charge is 0.311 e. The number of rotatable bonds is 0. The highest BCUT2D eigenvalue weighted by Crippen LogP contribution is 2.19. The van der Waals surface area contributed by atoms with Crippen LogP contribution in [0.4, 0.5) is 0 Å². The molecule has 1 rings (SSSR count). The summed E-state index contributed by atoms with van der Waals surface area (Å²) in [6, 6.07) is 0. The monoisotopic (exact) mass is 144 g/mol. The number of aliphatic hydroxyl groups is 1. The molecule has 0 aliphatic carbocycles. The predicted molar refractivity (Wildman–Crippen MR) is 35.3 cm³/mol. The number of cyclic esters (lactones) is 1. The van der Waals surface area contributed by atoms with Gasteiger partial charge in [0.05, 0.1) is 12.0 Å². The predicted octanol–water partition coefficient (Wildman–Crippen LogP) is 0.319. The van der Waals surface area contributed by atoms with Crippen LogP contribution < -0.4 is 0 Å². The van der Waals surface area contributed by atoms with Gasteiger partial charge in [0.2, 0.25) is 0 Å². The molecule has 1 unspecified atom stereocenters. The normalized spacial score (nSPS) is 41.1. The van der Waals surface area contributed by atoms with Crippen LogP contribution in [0.3, 0.4) is 0 Å². The first-order valence-electron chi connectivity index (χ1n) is 3.50. The number of hydrogen-bond donors (Lipinski definition) is 1. The molecular formula is C7H12O3. The minimum absolute atomic E-state index is 0.126. The Morgan fingerprint density at radius 2 is 2.20 bits per heavy atom. The van der Waals surface area contributed by atoms with Crippen molar-refractivity contribution in [2.75, 3.05) is 0 Å². The molecule has 0 spiro atoms. The van der Waals surface area contributed by atoms with Crippen molar-refractivity contribution in [1.29, 1.82) is 0 Å². The second kappa shape index (κ2) is 2.58. The quantitative estimate of drug-likeness (QED) is 0.498. The van der Waals surface area contributed by atoms with Crippen LogP contribution in [0.5, 0.6) is 0 Å². The SMILES string of the molecule is CC1C(=O)O[C@H](C)C[C@@H]1O. The Labute approximate surface area is 60.0 Å². The summed E-state index contributed by atoms with van der Waals surface area (Å²) in [6.45, 7) is 3.46. The van der Waals surface area contributed by atoms with E-state index in [-0.39, 0.29) is 18.0 Å². The molecular weight excluding hydrogens is 132 g/mol. The molecule has 0 aromatic carbocycles. The molecule has 0 aromatic heterocycles. The van der Waals surface area contributed by atoms with Crippen molar-refractivity contribution in [1.82, 2.24) is 0 Å². The first-order valence-corrected chi connectivity index (χ1v) is 3.50. The van der Waals surface area contributed by atoms with Gasteiger partial charge in [-0.05, 0) is 13.8 Å². The van der Waals surface area contributed by atoms with Gasteiger partial charge in [-0.3, -0.25) is 4.79 Å². The number of carbonyl (C=O) groups is 1. The number of esters is 1. The molecule has 0 bridgehead atoms. The van der Waals surface area contributed by atoms with Gasteiger partial charge in [0.15, 0.2) is 0 Å². The lowest BCUT2D eigenvalue weighted by molar-refractivity contribution is -0.166. The summed E-state index contributed by atoms with van der Waals surface area (Å²) in [4.78, 5) is 10.8. The lowest BCUT2D eigenvalue weighted by Crippen LogP contribution is -2.38. The highest BCUT2D eigenvalue weighted by molar-refractivity contribution is 5.73. The van der Waals surface area contributed by atoms with Gasteiger partial charge in [-0.25, -0.2) is 0 Å². The number of carbonyl (C=O) groups excluding carboxylic acids is 1. The Morgan fingerprint density at radius 1 is 1.60 bits per heavy atom. The Hall–Kier alpha value is -0.570. The maximum Gasteiger partial charge on any atom is 0.311 e. The van der Waals surface area contributed by atoms with E-state index in [0.717, 1.165) is 0 Å². The third-order valence-corrected chi connectivity index (χ3v) is 1.84. The fourth-order valence-corrected chi connectivity index (χ4v) is 1.06. The minimum Gasteiger partial charge on any atom is -0.462 e. The highest BCUT2D eigenvalue weighted by atomic mass is 16.5. The largest absolute Gasteiger partial charge is 0.462 e. The maximum absolute atomic E-state index is 10.8. The molecule has 0 aromatic rings. The molecule has 10 heavy (non-hydrogen) atoms. The van der Waals surface area contributed by atoms with E-state index in [2.05, 4.69) is 0 Å². The summed E-state index contributed by atoms with van der Waals surface area (Å²) in [5.41, 5.74) is 0. The van der Waals surface area contributed by atoms with Crippen LogP contribution in [0.2, 0.25) is 0 Å². The molecule has 0 saturated carbocycles. The average Bonchev–Trinajstić information content (AvgIpc) is 1.82. The van der Waals surface area contributed by atoms with Crippen LogP contribution in [-0.2, 0) is 9.53 Å². The minimum atomic E-state index is -0.517. The van der Waals surface area contributed by atoms with E-state index in [1.165, 1.54) is 0 Å². The Bertz CT molecular complexity index is 144. The van der Waals surface area contributed by atoms with E-state index in [0.29, 0.717) is 6.42 Å². The molecule has 0 radical (unpaired) electrons. The van der Waals surface area contributed by atoms with Crippen LogP contribution in [0, 0.1) is 5.92 Å². The van der Waals surface area contributed by atoms with Crippen LogP contribution in [-0.4, -0.2) is 23.3 Å². The molecule has 1 saturated heterocycles. The van der Waals surface area contributed by atoms with Gasteiger partial charge >= 0.3 is 5.97 Å². The van der Waals surface area contributed by atoms with Crippen molar-refractivity contribution in [2.24, 2.45) is 5.92 Å². The Morgan fingerprint density at radius 3 is 2.70 bits per heavy atom. The lowest BCUT2D eigenvalue weighted by atomic mass is 9.97. The summed E-state index contributed by atoms with van der Waals surface area (Å²) < 4.78 is 4.87. The summed E-state index contributed by atoms with van der Waals surface area (Å²) in [5, 5.41) is 9.22. The van der Waals surface area contributed by atoms with E-state index in [1.807, 2.05) is 0 Å². The van der Waals surface area contributed by atoms with Crippen molar-refractivity contribution in [2.45, 2.75) is 32.5 Å². The molecule has 3 nitrogen and oxygen atoms in total. The number of ether oxygens (including phenoxy) is 1. The van der Waals surface area contributed by atoms with Gasteiger partial charge in [-0.2, -0.15) is 0 Å². The van der Waals surface area contributed by atoms with E-state index in [9.17, 15) is 9.90 Å². The zero-order chi connectivity index (χ0) is 7.72. The molecule has 3 heteroatoms. The van der Waals surface area contributed by atoms with Crippen molar-refractivity contribution in [3.63, 3.8) is 0 Å². The number of hydrogen-bond acceptors (Lipinski definition) is 3. The third kappa shape index (κ3) is 1.29. The van der Waals surface area contributed by atoms with Gasteiger partial charge < -0.3 is 9.84 Å². The van der Waals surface area contributed by atoms with Crippen LogP contribution in [0.15, 0.2) is 0 Å². The van der Waals surface area contributed by atoms with E-state index >= 15 is 0 Å². The van der Waals surface area contributed by atoms with E-state index < -0.39 is 6.10 Å². The molecule has 1 fully saturated rings. The fraction of sp³-hybridized carbons (Fsp3) is 0.857. The number of aliphatic hydroxyl groups excluding tert-OH is 1. The molecule has 3 atom stereocenters. The van der Waals surface area contributed by atoms with Gasteiger partial charge in [-0.15, -0.1) is 0 Å². The second-order valence-corrected chi connectivity index (χ2v) is 2.84. The van der Waals surface area contributed by atoms with Gasteiger partial charge in [0, 0.05) is 6.42 Å². The zero-order valence-electron chi connectivity index (χ0n) is 6.20. The second-order valence-electron chi connectivity index (χ2n) is 2.84. The average molecular weight is 144 g/mol. The van der Waals surface area contributed by atoms with E-state index in [4.69, 9.17) is 4.74 Å². The summed E-state index contributed by atoms with van der Waals surface area (Å²) in [7, 11) is 0. The first kappa shape index (κ1) is 7.54. The molecule has 58 valence electrons. The maximum atomic E-state index is 10.8. The molecule has 1 N–H and O–H groups in total. The molecule has 0 amide bonds. The zero-order valence-corrected chi connectivity index (χ0v) is 6.20. The van der Waals surface area contributed by atoms with Crippen molar-refractivity contribution < 1.29 is 14.6 Å². The van der Waals surface area contributed by atoms with Crippen LogP contribution >= 0.6 is 0 Å². The van der Waals surface area contributed by atoms with Crippen LogP contribution in [0.1, 0.15) is 20.3 Å². The van der Waals surface area contributed by atoms with Crippen molar-refractivity contribution in [3.8, 4) is 0 Å². The van der Waals surface area contributed by atoms with Crippen molar-refractivity contribution >= 4 is 5.97 Å². The summed E-state index contributed by atoms with van der Waals surface area (Å²) in [6.07, 6.45) is -0.0812. The standard InChI is InChI=1S/C7H12O3/c1-4-3-6(8)5(2)7(9)10-4/h4-6,8H,3H2,1-2H3/t4-,5?,6+/m1/s1. The molecule has 1 aliphatic rings. The molecule has 1 heterocycles.